The third kappa shape index (κ3) is 3.20. The monoisotopic (exact) mass is 356 g/mol. The maximum absolute atomic E-state index is 5.77. The molecule has 0 bridgehead atoms. The topological polar surface area (TPSA) is 30.9 Å². The zero-order chi connectivity index (χ0) is 17.3. The van der Waals surface area contributed by atoms with E-state index in [1.54, 1.807) is 0 Å². The fourth-order valence-electron chi connectivity index (χ4n) is 4.51. The molecule has 2 heterocycles. The summed E-state index contributed by atoms with van der Waals surface area (Å²) in [6.07, 6.45) is 8.56. The predicted octanol–water partition coefficient (Wildman–Crippen LogP) is 3.58. The van der Waals surface area contributed by atoms with Crippen molar-refractivity contribution in [1.29, 1.82) is 0 Å². The van der Waals surface area contributed by atoms with E-state index in [1.807, 2.05) is 0 Å². The van der Waals surface area contributed by atoms with Crippen LogP contribution in [0.25, 0.3) is 0 Å². The quantitative estimate of drug-likeness (QED) is 0.821. The van der Waals surface area contributed by atoms with Crippen molar-refractivity contribution in [3.05, 3.63) is 30.3 Å². The molecule has 0 amide bonds. The van der Waals surface area contributed by atoms with E-state index in [1.165, 1.54) is 37.8 Å². The lowest BCUT2D eigenvalue weighted by atomic mass is 9.85. The summed E-state index contributed by atoms with van der Waals surface area (Å²) >= 11 is 5.77. The normalized spacial score (nSPS) is 26.4. The van der Waals surface area contributed by atoms with E-state index >= 15 is 0 Å². The maximum Gasteiger partial charge on any atom is 0.179 e. The fraction of sp³-hybridized carbons (Fsp3) is 0.600. The van der Waals surface area contributed by atoms with Gasteiger partial charge in [0, 0.05) is 18.8 Å². The van der Waals surface area contributed by atoms with Crippen molar-refractivity contribution in [2.45, 2.75) is 56.5 Å². The molecule has 3 aliphatic rings. The molecule has 134 valence electrons. The number of hydrogen-bond acceptors (Lipinski definition) is 3. The van der Waals surface area contributed by atoms with E-state index in [4.69, 9.17) is 17.2 Å². The molecule has 1 saturated carbocycles. The summed E-state index contributed by atoms with van der Waals surface area (Å²) in [6.45, 7) is 2.16. The number of nitrogens with one attached hydrogen (secondary N) is 1. The second kappa shape index (κ2) is 7.04. The highest BCUT2D eigenvalue weighted by Crippen LogP contribution is 2.38. The SMILES string of the molecule is CN1CCC2(CC1)C(=NC1CCCCC1)NC(=S)N2c1ccccc1. The number of thiocarbonyl (C=S) groups is 1. The van der Waals surface area contributed by atoms with Gasteiger partial charge in [0.25, 0.3) is 0 Å². The summed E-state index contributed by atoms with van der Waals surface area (Å²) in [5, 5.41) is 4.32. The Morgan fingerprint density at radius 3 is 2.44 bits per heavy atom. The number of rotatable bonds is 2. The molecule has 1 spiro atoms. The van der Waals surface area contributed by atoms with E-state index < -0.39 is 0 Å². The van der Waals surface area contributed by atoms with Crippen molar-refractivity contribution in [3.63, 3.8) is 0 Å². The van der Waals surface area contributed by atoms with E-state index in [9.17, 15) is 0 Å². The van der Waals surface area contributed by atoms with Gasteiger partial charge >= 0.3 is 0 Å². The smallest absolute Gasteiger partial charge is 0.179 e. The predicted molar refractivity (Wildman–Crippen MR) is 108 cm³/mol. The number of likely N-dealkylation sites (tertiary alicyclic amines) is 1. The fourth-order valence-corrected chi connectivity index (χ4v) is 4.89. The van der Waals surface area contributed by atoms with Gasteiger partial charge in [-0.3, -0.25) is 4.99 Å². The van der Waals surface area contributed by atoms with Crippen LogP contribution in [0.1, 0.15) is 44.9 Å². The van der Waals surface area contributed by atoms with Gasteiger partial charge in [-0.25, -0.2) is 0 Å². The van der Waals surface area contributed by atoms with Gasteiger partial charge in [0.15, 0.2) is 5.11 Å². The summed E-state index contributed by atoms with van der Waals surface area (Å²) < 4.78 is 0. The third-order valence-corrected chi connectivity index (χ3v) is 6.30. The van der Waals surface area contributed by atoms with Gasteiger partial charge in [0.05, 0.1) is 6.04 Å². The zero-order valence-electron chi connectivity index (χ0n) is 15.1. The third-order valence-electron chi connectivity index (χ3n) is 6.01. The first-order valence-corrected chi connectivity index (χ1v) is 10.0. The molecular formula is C20H28N4S. The number of aliphatic imine (C=N–C) groups is 1. The largest absolute Gasteiger partial charge is 0.319 e. The number of hydrogen-bond donors (Lipinski definition) is 1. The number of amidine groups is 1. The van der Waals surface area contributed by atoms with Gasteiger partial charge in [-0.2, -0.15) is 0 Å². The van der Waals surface area contributed by atoms with Crippen LogP contribution in [0.5, 0.6) is 0 Å². The number of nitrogens with zero attached hydrogens (tertiary/aromatic N) is 3. The summed E-state index contributed by atoms with van der Waals surface area (Å²) in [5.41, 5.74) is 1.08. The molecule has 1 N–H and O–H groups in total. The molecule has 2 aliphatic heterocycles. The molecule has 2 saturated heterocycles. The van der Waals surface area contributed by atoms with Crippen LogP contribution in [0.2, 0.25) is 0 Å². The zero-order valence-corrected chi connectivity index (χ0v) is 15.9. The molecule has 4 rings (SSSR count). The maximum atomic E-state index is 5.77. The Bertz CT molecular complexity index is 643. The Balaban J connectivity index is 1.71. The van der Waals surface area contributed by atoms with Crippen LogP contribution in [-0.4, -0.2) is 47.6 Å². The van der Waals surface area contributed by atoms with Crippen LogP contribution in [0.4, 0.5) is 5.69 Å². The highest BCUT2D eigenvalue weighted by molar-refractivity contribution is 7.80. The summed E-state index contributed by atoms with van der Waals surface area (Å²) in [7, 11) is 2.21. The van der Waals surface area contributed by atoms with Crippen LogP contribution in [-0.2, 0) is 0 Å². The van der Waals surface area contributed by atoms with E-state index in [-0.39, 0.29) is 5.54 Å². The van der Waals surface area contributed by atoms with Crippen molar-refractivity contribution < 1.29 is 0 Å². The molecule has 0 aromatic heterocycles. The highest BCUT2D eigenvalue weighted by atomic mass is 32.1. The minimum Gasteiger partial charge on any atom is -0.319 e. The Hall–Kier alpha value is -1.46. The van der Waals surface area contributed by atoms with Crippen molar-refractivity contribution in [1.82, 2.24) is 10.2 Å². The van der Waals surface area contributed by atoms with Crippen LogP contribution in [0.15, 0.2) is 35.3 Å². The molecule has 4 nitrogen and oxygen atoms in total. The van der Waals surface area contributed by atoms with Crippen LogP contribution < -0.4 is 10.2 Å². The number of benzene rings is 1. The summed E-state index contributed by atoms with van der Waals surface area (Å²) in [6, 6.07) is 11.0. The van der Waals surface area contributed by atoms with Crippen LogP contribution in [0.3, 0.4) is 0 Å². The van der Waals surface area contributed by atoms with Gasteiger partial charge in [-0.05, 0) is 57.1 Å². The second-order valence-electron chi connectivity index (χ2n) is 7.71. The minimum atomic E-state index is -0.0948. The molecule has 5 heteroatoms. The van der Waals surface area contributed by atoms with Crippen LogP contribution >= 0.6 is 12.2 Å². The van der Waals surface area contributed by atoms with E-state index in [0.29, 0.717) is 6.04 Å². The Morgan fingerprint density at radius 2 is 1.76 bits per heavy atom. The lowest BCUT2D eigenvalue weighted by molar-refractivity contribution is 0.233. The highest BCUT2D eigenvalue weighted by Gasteiger charge is 2.51. The van der Waals surface area contributed by atoms with Crippen molar-refractivity contribution >= 4 is 28.9 Å². The molecule has 0 radical (unpaired) electrons. The van der Waals surface area contributed by atoms with Crippen molar-refractivity contribution in [3.8, 4) is 0 Å². The first kappa shape index (κ1) is 17.0. The second-order valence-corrected chi connectivity index (χ2v) is 8.09. The molecule has 0 unspecified atom stereocenters. The Kier molecular flexibility index (Phi) is 4.78. The lowest BCUT2D eigenvalue weighted by Crippen LogP contribution is -2.56. The minimum absolute atomic E-state index is 0.0948. The van der Waals surface area contributed by atoms with Crippen molar-refractivity contribution in [2.75, 3.05) is 25.0 Å². The first-order chi connectivity index (χ1) is 12.2. The van der Waals surface area contributed by atoms with E-state index in [2.05, 4.69) is 52.5 Å². The standard InChI is InChI=1S/C20H28N4S/c1-23-14-12-20(13-15-23)18(21-16-8-4-2-5-9-16)22-19(25)24(20)17-10-6-3-7-11-17/h3,6-7,10-11,16H,2,4-5,8-9,12-15H2,1H3,(H,21,22,25). The van der Waals surface area contributed by atoms with E-state index in [0.717, 1.165) is 36.9 Å². The van der Waals surface area contributed by atoms with Crippen LogP contribution in [0, 0.1) is 0 Å². The molecule has 3 fully saturated rings. The Labute approximate surface area is 156 Å². The van der Waals surface area contributed by atoms with Gasteiger partial charge in [0.2, 0.25) is 0 Å². The lowest BCUT2D eigenvalue weighted by Gasteiger charge is -2.43. The number of piperidine rings is 1. The Morgan fingerprint density at radius 1 is 1.08 bits per heavy atom. The van der Waals surface area contributed by atoms with Gasteiger partial charge in [-0.15, -0.1) is 0 Å². The summed E-state index contributed by atoms with van der Waals surface area (Å²) in [5.74, 6) is 1.13. The molecule has 1 aliphatic carbocycles. The molecule has 1 aromatic carbocycles. The first-order valence-electron chi connectivity index (χ1n) is 9.62. The van der Waals surface area contributed by atoms with Crippen molar-refractivity contribution in [2.24, 2.45) is 4.99 Å². The molecular weight excluding hydrogens is 328 g/mol. The van der Waals surface area contributed by atoms with Gasteiger partial charge < -0.3 is 15.1 Å². The number of para-hydroxylation sites is 1. The molecule has 1 aromatic rings. The number of anilines is 1. The molecule has 0 atom stereocenters. The summed E-state index contributed by atoms with van der Waals surface area (Å²) in [4.78, 5) is 9.98. The molecule has 25 heavy (non-hydrogen) atoms. The average molecular weight is 357 g/mol. The van der Waals surface area contributed by atoms with Gasteiger partial charge in [0.1, 0.15) is 11.4 Å². The van der Waals surface area contributed by atoms with Gasteiger partial charge in [-0.1, -0.05) is 37.5 Å². The average Bonchev–Trinajstić information content (AvgIpc) is 2.90.